The lowest BCUT2D eigenvalue weighted by Crippen LogP contribution is -2.33. The number of benzene rings is 2. The minimum atomic E-state index is 0.0729. The summed E-state index contributed by atoms with van der Waals surface area (Å²) in [4.78, 5) is 17.0. The molecule has 0 radical (unpaired) electrons. The first-order chi connectivity index (χ1) is 12.5. The van der Waals surface area contributed by atoms with Crippen LogP contribution < -0.4 is 0 Å². The lowest BCUT2D eigenvalue weighted by Gasteiger charge is -2.30. The molecule has 2 aromatic carbocycles. The van der Waals surface area contributed by atoms with E-state index in [2.05, 4.69) is 55.1 Å². The molecule has 0 saturated carbocycles. The van der Waals surface area contributed by atoms with Gasteiger partial charge < -0.3 is 4.90 Å². The normalized spacial score (nSPS) is 17.9. The van der Waals surface area contributed by atoms with Crippen molar-refractivity contribution in [2.45, 2.75) is 39.8 Å². The maximum absolute atomic E-state index is 12.7. The van der Waals surface area contributed by atoms with Gasteiger partial charge in [0.2, 0.25) is 0 Å². The molecule has 1 atom stereocenters. The van der Waals surface area contributed by atoms with E-state index in [1.54, 1.807) is 4.90 Å². The average Bonchev–Trinajstić information content (AvgIpc) is 2.64. The van der Waals surface area contributed by atoms with Gasteiger partial charge in [0.05, 0.1) is 0 Å². The molecule has 0 aliphatic carbocycles. The number of hydrogen-bond donors (Lipinski definition) is 0. The Morgan fingerprint density at radius 2 is 1.73 bits per heavy atom. The predicted octanol–water partition coefficient (Wildman–Crippen LogP) is 4.50. The molecule has 0 aromatic heterocycles. The first kappa shape index (κ1) is 18.7. The van der Waals surface area contributed by atoms with E-state index in [0.717, 1.165) is 23.6 Å². The highest BCUT2D eigenvalue weighted by Gasteiger charge is 2.17. The number of amides is 1. The van der Waals surface area contributed by atoms with Gasteiger partial charge in [-0.1, -0.05) is 48.9 Å². The van der Waals surface area contributed by atoms with Gasteiger partial charge in [-0.3, -0.25) is 9.69 Å². The van der Waals surface area contributed by atoms with Crippen molar-refractivity contribution in [2.24, 2.45) is 5.92 Å². The third kappa shape index (κ3) is 4.95. The number of rotatable bonds is 5. The largest absolute Gasteiger partial charge is 0.337 e. The molecule has 3 nitrogen and oxygen atoms in total. The van der Waals surface area contributed by atoms with E-state index in [1.165, 1.54) is 37.1 Å². The van der Waals surface area contributed by atoms with E-state index >= 15 is 0 Å². The van der Waals surface area contributed by atoms with Gasteiger partial charge in [0, 0.05) is 32.2 Å². The van der Waals surface area contributed by atoms with Gasteiger partial charge in [0.15, 0.2) is 0 Å². The Kier molecular flexibility index (Phi) is 6.10. The van der Waals surface area contributed by atoms with Crippen LogP contribution in [-0.2, 0) is 13.1 Å². The van der Waals surface area contributed by atoms with Gasteiger partial charge in [-0.15, -0.1) is 0 Å². The summed E-state index contributed by atoms with van der Waals surface area (Å²) < 4.78 is 0. The number of hydrogen-bond acceptors (Lipinski definition) is 2. The molecule has 0 bridgehead atoms. The van der Waals surface area contributed by atoms with E-state index in [0.29, 0.717) is 6.54 Å². The molecule has 2 aromatic rings. The van der Waals surface area contributed by atoms with E-state index in [9.17, 15) is 4.79 Å². The standard InChI is InChI=1S/C23H30N2O/c1-18-6-8-20(9-7-18)16-24(3)23(26)22-12-10-21(11-13-22)17-25-14-4-5-19(2)15-25/h6-13,19H,4-5,14-17H2,1-3H3/t19-/m1/s1. The fourth-order valence-electron chi connectivity index (χ4n) is 3.70. The van der Waals surface area contributed by atoms with E-state index in [4.69, 9.17) is 0 Å². The topological polar surface area (TPSA) is 23.6 Å². The fourth-order valence-corrected chi connectivity index (χ4v) is 3.70. The van der Waals surface area contributed by atoms with Gasteiger partial charge >= 0.3 is 0 Å². The zero-order valence-corrected chi connectivity index (χ0v) is 16.2. The summed E-state index contributed by atoms with van der Waals surface area (Å²) >= 11 is 0. The first-order valence-electron chi connectivity index (χ1n) is 9.63. The van der Waals surface area contributed by atoms with E-state index in [1.807, 2.05) is 19.2 Å². The number of carbonyl (C=O) groups is 1. The van der Waals surface area contributed by atoms with Gasteiger partial charge in [0.25, 0.3) is 5.91 Å². The fraction of sp³-hybridized carbons (Fsp3) is 0.435. The summed E-state index contributed by atoms with van der Waals surface area (Å²) in [5, 5.41) is 0. The number of carbonyl (C=O) groups excluding carboxylic acids is 1. The van der Waals surface area contributed by atoms with Crippen molar-refractivity contribution in [3.63, 3.8) is 0 Å². The molecule has 26 heavy (non-hydrogen) atoms. The summed E-state index contributed by atoms with van der Waals surface area (Å²) in [5.74, 6) is 0.865. The molecule has 1 fully saturated rings. The second-order valence-corrected chi connectivity index (χ2v) is 7.83. The lowest BCUT2D eigenvalue weighted by atomic mass is 9.99. The van der Waals surface area contributed by atoms with Crippen LogP contribution in [0.25, 0.3) is 0 Å². The van der Waals surface area contributed by atoms with Crippen molar-refractivity contribution >= 4 is 5.91 Å². The third-order valence-electron chi connectivity index (χ3n) is 5.24. The second kappa shape index (κ2) is 8.50. The van der Waals surface area contributed by atoms with Crippen LogP contribution in [0.4, 0.5) is 0 Å². The maximum atomic E-state index is 12.7. The monoisotopic (exact) mass is 350 g/mol. The molecule has 1 saturated heterocycles. The van der Waals surface area contributed by atoms with Crippen LogP contribution >= 0.6 is 0 Å². The summed E-state index contributed by atoms with van der Waals surface area (Å²) in [7, 11) is 1.87. The van der Waals surface area contributed by atoms with Crippen LogP contribution in [0.1, 0.15) is 46.8 Å². The van der Waals surface area contributed by atoms with Crippen LogP contribution in [0, 0.1) is 12.8 Å². The first-order valence-corrected chi connectivity index (χ1v) is 9.63. The molecule has 138 valence electrons. The summed E-state index contributed by atoms with van der Waals surface area (Å²) in [6.45, 7) is 8.39. The second-order valence-electron chi connectivity index (χ2n) is 7.83. The number of nitrogens with zero attached hydrogens (tertiary/aromatic N) is 2. The Morgan fingerprint density at radius 3 is 2.38 bits per heavy atom. The summed E-state index contributed by atoms with van der Waals surface area (Å²) in [5.41, 5.74) is 4.44. The molecule has 3 heteroatoms. The number of aryl methyl sites for hydroxylation is 1. The SMILES string of the molecule is Cc1ccc(CN(C)C(=O)c2ccc(CN3CCC[C@@H](C)C3)cc2)cc1. The van der Waals surface area contributed by atoms with E-state index in [-0.39, 0.29) is 5.91 Å². The van der Waals surface area contributed by atoms with Crippen LogP contribution in [0.5, 0.6) is 0 Å². The summed E-state index contributed by atoms with van der Waals surface area (Å²) in [6, 6.07) is 16.5. The molecular weight excluding hydrogens is 320 g/mol. The van der Waals surface area contributed by atoms with Crippen LogP contribution in [0.15, 0.2) is 48.5 Å². The quantitative estimate of drug-likeness (QED) is 0.793. The molecule has 0 spiro atoms. The molecule has 1 amide bonds. The number of piperidine rings is 1. The third-order valence-corrected chi connectivity index (χ3v) is 5.24. The molecule has 1 aliphatic rings. The Labute approximate surface area is 157 Å². The van der Waals surface area contributed by atoms with Crippen molar-refractivity contribution in [2.75, 3.05) is 20.1 Å². The molecule has 0 N–H and O–H groups in total. The van der Waals surface area contributed by atoms with Crippen molar-refractivity contribution in [1.29, 1.82) is 0 Å². The molecule has 3 rings (SSSR count). The van der Waals surface area contributed by atoms with Gasteiger partial charge in [-0.25, -0.2) is 0 Å². The summed E-state index contributed by atoms with van der Waals surface area (Å²) in [6.07, 6.45) is 2.64. The maximum Gasteiger partial charge on any atom is 0.253 e. The van der Waals surface area contributed by atoms with Crippen molar-refractivity contribution in [3.8, 4) is 0 Å². The predicted molar refractivity (Wildman–Crippen MR) is 107 cm³/mol. The molecule has 1 aliphatic heterocycles. The van der Waals surface area contributed by atoms with Crippen molar-refractivity contribution in [1.82, 2.24) is 9.80 Å². The van der Waals surface area contributed by atoms with Crippen LogP contribution in [-0.4, -0.2) is 35.8 Å². The van der Waals surface area contributed by atoms with Crippen LogP contribution in [0.3, 0.4) is 0 Å². The van der Waals surface area contributed by atoms with Crippen molar-refractivity contribution < 1.29 is 4.79 Å². The van der Waals surface area contributed by atoms with E-state index < -0.39 is 0 Å². The van der Waals surface area contributed by atoms with Crippen LogP contribution in [0.2, 0.25) is 0 Å². The minimum absolute atomic E-state index is 0.0729. The lowest BCUT2D eigenvalue weighted by molar-refractivity contribution is 0.0785. The van der Waals surface area contributed by atoms with Gasteiger partial charge in [-0.2, -0.15) is 0 Å². The molecular formula is C23H30N2O. The minimum Gasteiger partial charge on any atom is -0.337 e. The Morgan fingerprint density at radius 1 is 1.08 bits per heavy atom. The smallest absolute Gasteiger partial charge is 0.253 e. The Balaban J connectivity index is 1.58. The highest BCUT2D eigenvalue weighted by atomic mass is 16.2. The Bertz CT molecular complexity index is 721. The molecule has 1 heterocycles. The molecule has 0 unspecified atom stereocenters. The highest BCUT2D eigenvalue weighted by Crippen LogP contribution is 2.18. The Hall–Kier alpha value is -2.13. The average molecular weight is 351 g/mol. The zero-order chi connectivity index (χ0) is 18.5. The van der Waals surface area contributed by atoms with Gasteiger partial charge in [0.1, 0.15) is 0 Å². The van der Waals surface area contributed by atoms with Gasteiger partial charge in [-0.05, 0) is 55.5 Å². The highest BCUT2D eigenvalue weighted by molar-refractivity contribution is 5.94. The van der Waals surface area contributed by atoms with Crippen molar-refractivity contribution in [3.05, 3.63) is 70.8 Å². The zero-order valence-electron chi connectivity index (χ0n) is 16.2. The number of likely N-dealkylation sites (tertiary alicyclic amines) is 1.